The zero-order valence-electron chi connectivity index (χ0n) is 7.51. The highest BCUT2D eigenvalue weighted by atomic mass is 19.1. The van der Waals surface area contributed by atoms with Crippen molar-refractivity contribution >= 4 is 17.0 Å². The quantitative estimate of drug-likeness (QED) is 0.787. The minimum absolute atomic E-state index is 0.0000926. The highest BCUT2D eigenvalue weighted by molar-refractivity contribution is 5.75. The van der Waals surface area contributed by atoms with Gasteiger partial charge < -0.3 is 5.11 Å². The number of carboxylic acids is 1. The van der Waals surface area contributed by atoms with E-state index in [0.717, 1.165) is 0 Å². The van der Waals surface area contributed by atoms with Crippen LogP contribution < -0.4 is 0 Å². The number of rotatable bonds is 2. The molecule has 76 valence electrons. The van der Waals surface area contributed by atoms with Gasteiger partial charge in [0.05, 0.1) is 0 Å². The van der Waals surface area contributed by atoms with Crippen LogP contribution >= 0.6 is 0 Å². The number of fused-ring (bicyclic) bond motifs is 1. The van der Waals surface area contributed by atoms with Crippen molar-refractivity contribution in [3.05, 3.63) is 29.8 Å². The number of aromatic nitrogens is 3. The molecule has 0 unspecified atom stereocenters. The van der Waals surface area contributed by atoms with E-state index in [1.807, 2.05) is 0 Å². The molecule has 0 aliphatic carbocycles. The number of hydrogen-bond acceptors (Lipinski definition) is 4. The molecule has 2 rings (SSSR count). The van der Waals surface area contributed by atoms with Gasteiger partial charge in [0.15, 0.2) is 11.6 Å². The number of hydrogen-bond donors (Lipinski definition) is 1. The number of carboxylic acid groups (broad SMARTS) is 1. The van der Waals surface area contributed by atoms with Crippen molar-refractivity contribution in [2.24, 2.45) is 0 Å². The van der Waals surface area contributed by atoms with Crippen LogP contribution in [0, 0.1) is 5.82 Å². The molecule has 0 fully saturated rings. The summed E-state index contributed by atoms with van der Waals surface area (Å²) < 4.78 is 13.2. The maximum absolute atomic E-state index is 13.2. The van der Waals surface area contributed by atoms with Gasteiger partial charge in [-0.15, -0.1) is 10.2 Å². The van der Waals surface area contributed by atoms with Crippen molar-refractivity contribution in [3.8, 4) is 0 Å². The second-order valence-electron chi connectivity index (χ2n) is 2.91. The molecule has 1 N–H and O–H groups in total. The number of benzene rings is 1. The van der Waals surface area contributed by atoms with Crippen molar-refractivity contribution in [2.45, 2.75) is 6.42 Å². The molecule has 0 aliphatic heterocycles. The third-order valence-electron chi connectivity index (χ3n) is 1.79. The molecule has 0 bridgehead atoms. The van der Waals surface area contributed by atoms with E-state index in [1.54, 1.807) is 6.07 Å². The molecule has 15 heavy (non-hydrogen) atoms. The molecule has 0 saturated heterocycles. The van der Waals surface area contributed by atoms with Crippen LogP contribution in [0.2, 0.25) is 0 Å². The average molecular weight is 207 g/mol. The highest BCUT2D eigenvalue weighted by Gasteiger charge is 2.08. The summed E-state index contributed by atoms with van der Waals surface area (Å²) in [5.41, 5.74) is 0.355. The monoisotopic (exact) mass is 207 g/mol. The first-order chi connectivity index (χ1) is 7.16. The van der Waals surface area contributed by atoms with E-state index < -0.39 is 11.8 Å². The first kappa shape index (κ1) is 9.45. The van der Waals surface area contributed by atoms with E-state index in [0.29, 0.717) is 5.52 Å². The highest BCUT2D eigenvalue weighted by Crippen LogP contribution is 2.11. The molecule has 0 atom stereocenters. The number of aliphatic carboxylic acids is 1. The van der Waals surface area contributed by atoms with Crippen LogP contribution in [0.4, 0.5) is 4.39 Å². The van der Waals surface area contributed by atoms with Crippen LogP contribution in [-0.2, 0) is 11.2 Å². The fourth-order valence-corrected chi connectivity index (χ4v) is 1.17. The maximum atomic E-state index is 13.2. The summed E-state index contributed by atoms with van der Waals surface area (Å²) >= 11 is 0. The van der Waals surface area contributed by atoms with Crippen LogP contribution in [0.1, 0.15) is 5.82 Å². The summed E-state index contributed by atoms with van der Waals surface area (Å²) in [6, 6.07) is 4.29. The van der Waals surface area contributed by atoms with Crippen LogP contribution in [0.5, 0.6) is 0 Å². The van der Waals surface area contributed by atoms with Gasteiger partial charge in [0.25, 0.3) is 0 Å². The van der Waals surface area contributed by atoms with E-state index in [2.05, 4.69) is 15.2 Å². The van der Waals surface area contributed by atoms with Crippen molar-refractivity contribution in [2.75, 3.05) is 0 Å². The Morgan fingerprint density at radius 2 is 2.20 bits per heavy atom. The number of para-hydroxylation sites is 1. The van der Waals surface area contributed by atoms with Crippen LogP contribution in [0.3, 0.4) is 0 Å². The summed E-state index contributed by atoms with van der Waals surface area (Å²) in [7, 11) is 0. The SMILES string of the molecule is O=C(O)Cc1nnc2cccc(F)c2n1. The lowest BCUT2D eigenvalue weighted by atomic mass is 10.3. The average Bonchev–Trinajstić information content (AvgIpc) is 2.18. The van der Waals surface area contributed by atoms with Gasteiger partial charge in [-0.3, -0.25) is 4.79 Å². The number of halogens is 1. The minimum atomic E-state index is -1.08. The molecule has 0 spiro atoms. The van der Waals surface area contributed by atoms with Gasteiger partial charge in [-0.25, -0.2) is 9.37 Å². The number of carbonyl (C=O) groups is 1. The summed E-state index contributed by atoms with van der Waals surface area (Å²) in [6.07, 6.45) is -0.364. The third-order valence-corrected chi connectivity index (χ3v) is 1.79. The van der Waals surface area contributed by atoms with Crippen molar-refractivity contribution in [3.63, 3.8) is 0 Å². The van der Waals surface area contributed by atoms with Crippen molar-refractivity contribution in [1.82, 2.24) is 15.2 Å². The van der Waals surface area contributed by atoms with E-state index >= 15 is 0 Å². The zero-order valence-corrected chi connectivity index (χ0v) is 7.51. The summed E-state index contributed by atoms with van der Waals surface area (Å²) in [4.78, 5) is 14.2. The van der Waals surface area contributed by atoms with Crippen LogP contribution in [0.15, 0.2) is 18.2 Å². The van der Waals surface area contributed by atoms with Gasteiger partial charge in [-0.05, 0) is 12.1 Å². The molecular weight excluding hydrogens is 201 g/mol. The number of nitrogens with zero attached hydrogens (tertiary/aromatic N) is 3. The van der Waals surface area contributed by atoms with E-state index in [4.69, 9.17) is 5.11 Å². The Bertz CT molecular complexity index is 530. The van der Waals surface area contributed by atoms with Crippen LogP contribution in [-0.4, -0.2) is 26.3 Å². The molecule has 0 saturated carbocycles. The largest absolute Gasteiger partial charge is 0.481 e. The predicted octanol–water partition coefficient (Wildman–Crippen LogP) is 0.791. The fourth-order valence-electron chi connectivity index (χ4n) is 1.17. The summed E-state index contributed by atoms with van der Waals surface area (Å²) in [5.74, 6) is -1.61. The van der Waals surface area contributed by atoms with Crippen molar-refractivity contribution in [1.29, 1.82) is 0 Å². The summed E-state index contributed by atoms with van der Waals surface area (Å²) in [6.45, 7) is 0. The Balaban J connectivity index is 2.54. The molecule has 0 amide bonds. The molecule has 0 radical (unpaired) electrons. The first-order valence-electron chi connectivity index (χ1n) is 4.16. The predicted molar refractivity (Wildman–Crippen MR) is 48.6 cm³/mol. The molecular formula is C9H6FN3O2. The second kappa shape index (κ2) is 3.56. The lowest BCUT2D eigenvalue weighted by Gasteiger charge is -1.98. The normalized spacial score (nSPS) is 10.5. The minimum Gasteiger partial charge on any atom is -0.481 e. The fraction of sp³-hybridized carbons (Fsp3) is 0.111. The molecule has 1 aromatic carbocycles. The van der Waals surface area contributed by atoms with Gasteiger partial charge in [-0.1, -0.05) is 6.07 Å². The molecule has 0 aliphatic rings. The maximum Gasteiger partial charge on any atom is 0.311 e. The first-order valence-corrected chi connectivity index (χ1v) is 4.16. The van der Waals surface area contributed by atoms with Gasteiger partial charge in [0, 0.05) is 0 Å². The van der Waals surface area contributed by atoms with Gasteiger partial charge in [0.2, 0.25) is 0 Å². The summed E-state index contributed by atoms with van der Waals surface area (Å²) in [5, 5.41) is 15.8. The molecule has 6 heteroatoms. The topological polar surface area (TPSA) is 76.0 Å². The Labute approximate surface area is 83.6 Å². The standard InChI is InChI=1S/C9H6FN3O2/c10-5-2-1-3-6-9(5)11-7(13-12-6)4-8(14)15/h1-3H,4H2,(H,14,15). The molecule has 5 nitrogen and oxygen atoms in total. The lowest BCUT2D eigenvalue weighted by Crippen LogP contribution is -2.06. The van der Waals surface area contributed by atoms with Gasteiger partial charge >= 0.3 is 5.97 Å². The zero-order chi connectivity index (χ0) is 10.8. The Kier molecular flexibility index (Phi) is 2.24. The third kappa shape index (κ3) is 1.88. The Morgan fingerprint density at radius 1 is 1.40 bits per heavy atom. The molecule has 1 heterocycles. The van der Waals surface area contributed by atoms with E-state index in [1.165, 1.54) is 12.1 Å². The second-order valence-corrected chi connectivity index (χ2v) is 2.91. The Morgan fingerprint density at radius 3 is 2.93 bits per heavy atom. The van der Waals surface area contributed by atoms with E-state index in [9.17, 15) is 9.18 Å². The van der Waals surface area contributed by atoms with Crippen LogP contribution in [0.25, 0.3) is 11.0 Å². The Hall–Kier alpha value is -2.11. The van der Waals surface area contributed by atoms with E-state index in [-0.39, 0.29) is 17.8 Å². The van der Waals surface area contributed by atoms with Crippen molar-refractivity contribution < 1.29 is 14.3 Å². The lowest BCUT2D eigenvalue weighted by molar-refractivity contribution is -0.136. The van der Waals surface area contributed by atoms with Gasteiger partial charge in [0.1, 0.15) is 17.5 Å². The molecule has 1 aromatic heterocycles. The molecule has 2 aromatic rings. The van der Waals surface area contributed by atoms with Gasteiger partial charge in [-0.2, -0.15) is 0 Å². The smallest absolute Gasteiger partial charge is 0.311 e.